The molecule has 0 amide bonds. The number of hydrogen-bond acceptors (Lipinski definition) is 0. The predicted molar refractivity (Wildman–Crippen MR) is 167 cm³/mol. The second kappa shape index (κ2) is 11.7. The maximum atomic E-state index is 2.43. The summed E-state index contributed by atoms with van der Waals surface area (Å²) in [6.45, 7) is 0.855. The minimum atomic E-state index is -0.738. The van der Waals surface area contributed by atoms with Crippen LogP contribution in [-0.4, -0.2) is 4.57 Å². The Morgan fingerprint density at radius 1 is 0.368 bits per heavy atom. The van der Waals surface area contributed by atoms with Gasteiger partial charge in [0.05, 0.1) is 0 Å². The Kier molecular flexibility index (Phi) is 7.59. The summed E-state index contributed by atoms with van der Waals surface area (Å²) in [6.07, 6.45) is 4.85. The molecule has 38 heavy (non-hydrogen) atoms. The molecule has 5 aromatic carbocycles. The maximum absolute atomic E-state index is 2.43. The fraction of sp³-hybridized carbons (Fsp3) is 0.0286. The first-order valence-electron chi connectivity index (χ1n) is 12.9. The van der Waals surface area contributed by atoms with Gasteiger partial charge in [0.25, 0.3) is 0 Å². The molecule has 3 heteroatoms. The standard InChI is InChI=1S/C35H29NP2/c1-6-16-29(17-7-1)26-36-27-34(37(30-18-8-2-9-19-30)31-20-10-3-11-21-31)35(28-36)38(32-22-12-4-13-23-32)33-24-14-5-15-25-33/h1-25,27-28H,26H2. The van der Waals surface area contributed by atoms with Gasteiger partial charge in [-0.3, -0.25) is 0 Å². The number of benzene rings is 5. The summed E-state index contributed by atoms with van der Waals surface area (Å²) in [5.41, 5.74) is 1.31. The minimum Gasteiger partial charge on any atom is -0.349 e. The van der Waals surface area contributed by atoms with E-state index in [0.717, 1.165) is 6.54 Å². The van der Waals surface area contributed by atoms with E-state index in [1.54, 1.807) is 0 Å². The van der Waals surface area contributed by atoms with Crippen LogP contribution >= 0.6 is 15.8 Å². The van der Waals surface area contributed by atoms with Gasteiger partial charge >= 0.3 is 0 Å². The third kappa shape index (κ3) is 5.41. The molecule has 1 heterocycles. The van der Waals surface area contributed by atoms with Crippen LogP contribution in [0.1, 0.15) is 5.56 Å². The van der Waals surface area contributed by atoms with Crippen LogP contribution in [0.25, 0.3) is 0 Å². The molecule has 0 atom stereocenters. The van der Waals surface area contributed by atoms with Gasteiger partial charge in [-0.05, 0) is 42.6 Å². The second-order valence-electron chi connectivity index (χ2n) is 9.20. The fourth-order valence-electron chi connectivity index (χ4n) is 4.88. The second-order valence-corrected chi connectivity index (χ2v) is 13.6. The lowest BCUT2D eigenvalue weighted by Gasteiger charge is -2.24. The number of aromatic nitrogens is 1. The summed E-state index contributed by atoms with van der Waals surface area (Å²) in [7, 11) is -1.48. The first-order valence-corrected chi connectivity index (χ1v) is 15.6. The van der Waals surface area contributed by atoms with Crippen molar-refractivity contribution in [2.45, 2.75) is 6.54 Å². The van der Waals surface area contributed by atoms with E-state index >= 15 is 0 Å². The average Bonchev–Trinajstić information content (AvgIpc) is 3.38. The zero-order chi connectivity index (χ0) is 25.6. The highest BCUT2D eigenvalue weighted by Crippen LogP contribution is 2.39. The van der Waals surface area contributed by atoms with Gasteiger partial charge in [-0.25, -0.2) is 0 Å². The average molecular weight is 526 g/mol. The summed E-state index contributed by atoms with van der Waals surface area (Å²) in [4.78, 5) is 0. The first kappa shape index (κ1) is 24.6. The van der Waals surface area contributed by atoms with E-state index in [4.69, 9.17) is 0 Å². The summed E-state index contributed by atoms with van der Waals surface area (Å²) in [5, 5.41) is 8.39. The van der Waals surface area contributed by atoms with Crippen molar-refractivity contribution in [1.82, 2.24) is 4.57 Å². The molecule has 0 bridgehead atoms. The highest BCUT2D eigenvalue weighted by molar-refractivity contribution is 7.85. The number of rotatable bonds is 8. The molecular weight excluding hydrogens is 496 g/mol. The van der Waals surface area contributed by atoms with Crippen LogP contribution in [0.2, 0.25) is 0 Å². The molecule has 6 aromatic rings. The summed E-state index contributed by atoms with van der Waals surface area (Å²) >= 11 is 0. The molecule has 0 spiro atoms. The molecule has 0 radical (unpaired) electrons. The van der Waals surface area contributed by atoms with Crippen molar-refractivity contribution in [2.75, 3.05) is 0 Å². The maximum Gasteiger partial charge on any atom is 0.0470 e. The molecule has 0 saturated carbocycles. The van der Waals surface area contributed by atoms with Gasteiger partial charge in [0, 0.05) is 29.5 Å². The lowest BCUT2D eigenvalue weighted by molar-refractivity contribution is 0.809. The van der Waals surface area contributed by atoms with E-state index in [0.29, 0.717) is 0 Å². The van der Waals surface area contributed by atoms with Crippen LogP contribution in [0, 0.1) is 0 Å². The van der Waals surface area contributed by atoms with Crippen LogP contribution in [0.5, 0.6) is 0 Å². The van der Waals surface area contributed by atoms with Crippen LogP contribution in [0.4, 0.5) is 0 Å². The summed E-state index contributed by atoms with van der Waals surface area (Å²) in [5.74, 6) is 0. The zero-order valence-electron chi connectivity index (χ0n) is 21.1. The van der Waals surface area contributed by atoms with Crippen molar-refractivity contribution in [3.05, 3.63) is 170 Å². The Morgan fingerprint density at radius 3 is 0.974 bits per heavy atom. The van der Waals surface area contributed by atoms with E-state index < -0.39 is 15.8 Å². The van der Waals surface area contributed by atoms with Gasteiger partial charge in [0.2, 0.25) is 0 Å². The van der Waals surface area contributed by atoms with E-state index in [-0.39, 0.29) is 0 Å². The molecule has 0 fully saturated rings. The third-order valence-corrected chi connectivity index (χ3v) is 11.7. The van der Waals surface area contributed by atoms with Crippen LogP contribution in [0.15, 0.2) is 164 Å². The van der Waals surface area contributed by atoms with Gasteiger partial charge in [-0.1, -0.05) is 152 Å². The zero-order valence-corrected chi connectivity index (χ0v) is 22.9. The molecule has 184 valence electrons. The Labute approximate surface area is 228 Å². The Balaban J connectivity index is 1.59. The number of hydrogen-bond donors (Lipinski definition) is 0. The van der Waals surface area contributed by atoms with E-state index in [9.17, 15) is 0 Å². The van der Waals surface area contributed by atoms with Gasteiger partial charge < -0.3 is 4.57 Å². The Bertz CT molecular complexity index is 1390. The van der Waals surface area contributed by atoms with Crippen LogP contribution < -0.4 is 31.8 Å². The molecular formula is C35H29NP2. The van der Waals surface area contributed by atoms with E-state index in [2.05, 4.69) is 169 Å². The van der Waals surface area contributed by atoms with Crippen molar-refractivity contribution in [3.8, 4) is 0 Å². The highest BCUT2D eigenvalue weighted by Gasteiger charge is 2.27. The van der Waals surface area contributed by atoms with Crippen molar-refractivity contribution >= 4 is 47.7 Å². The lowest BCUT2D eigenvalue weighted by Crippen LogP contribution is -2.32. The molecule has 0 aliphatic heterocycles. The largest absolute Gasteiger partial charge is 0.349 e. The smallest absolute Gasteiger partial charge is 0.0470 e. The van der Waals surface area contributed by atoms with Crippen LogP contribution in [-0.2, 0) is 6.54 Å². The molecule has 1 nitrogen and oxygen atoms in total. The summed E-state index contributed by atoms with van der Waals surface area (Å²) < 4.78 is 2.41. The molecule has 6 rings (SSSR count). The van der Waals surface area contributed by atoms with E-state index in [1.165, 1.54) is 37.4 Å². The quantitative estimate of drug-likeness (QED) is 0.213. The molecule has 0 unspecified atom stereocenters. The predicted octanol–water partition coefficient (Wildman–Crippen LogP) is 6.05. The molecule has 0 aliphatic carbocycles. The van der Waals surface area contributed by atoms with Gasteiger partial charge in [0.1, 0.15) is 0 Å². The first-order chi connectivity index (χ1) is 18.9. The highest BCUT2D eigenvalue weighted by atomic mass is 31.1. The van der Waals surface area contributed by atoms with Crippen LogP contribution in [0.3, 0.4) is 0 Å². The Morgan fingerprint density at radius 2 is 0.658 bits per heavy atom. The van der Waals surface area contributed by atoms with Crippen molar-refractivity contribution in [2.24, 2.45) is 0 Å². The third-order valence-electron chi connectivity index (χ3n) is 6.59. The fourth-order valence-corrected chi connectivity index (χ4v) is 10.2. The normalized spacial score (nSPS) is 11.2. The molecule has 0 N–H and O–H groups in total. The van der Waals surface area contributed by atoms with Gasteiger partial charge in [0.15, 0.2) is 0 Å². The van der Waals surface area contributed by atoms with E-state index in [1.807, 2.05) is 0 Å². The monoisotopic (exact) mass is 525 g/mol. The lowest BCUT2D eigenvalue weighted by atomic mass is 10.2. The number of nitrogens with zero attached hydrogens (tertiary/aromatic N) is 1. The molecule has 1 aromatic heterocycles. The van der Waals surface area contributed by atoms with Crippen molar-refractivity contribution in [1.29, 1.82) is 0 Å². The van der Waals surface area contributed by atoms with Gasteiger partial charge in [-0.15, -0.1) is 0 Å². The minimum absolute atomic E-state index is 0.738. The molecule has 0 saturated heterocycles. The topological polar surface area (TPSA) is 4.93 Å². The van der Waals surface area contributed by atoms with Crippen molar-refractivity contribution in [3.63, 3.8) is 0 Å². The van der Waals surface area contributed by atoms with Crippen molar-refractivity contribution < 1.29 is 0 Å². The Hall–Kier alpha value is -3.76. The summed E-state index contributed by atoms with van der Waals surface area (Å²) in [6, 6.07) is 55.0. The molecule has 0 aliphatic rings. The van der Waals surface area contributed by atoms with Gasteiger partial charge in [-0.2, -0.15) is 0 Å². The SMILES string of the molecule is c1ccc(Cn2cc(P(c3ccccc3)c3ccccc3)c(P(c3ccccc3)c3ccccc3)c2)cc1.